The number of ether oxygens (including phenoxy) is 1. The number of anilines is 1. The van der Waals surface area contributed by atoms with E-state index in [2.05, 4.69) is 5.32 Å². The fraction of sp³-hybridized carbons (Fsp3) is 0.391. The van der Waals surface area contributed by atoms with Gasteiger partial charge in [-0.1, -0.05) is 30.3 Å². The first-order valence-corrected chi connectivity index (χ1v) is 10.5. The molecule has 30 heavy (non-hydrogen) atoms. The molecular formula is C23H28N4O3. The average Bonchev–Trinajstić information content (AvgIpc) is 3.38. The predicted octanol–water partition coefficient (Wildman–Crippen LogP) is 3.63. The molecule has 0 unspecified atom stereocenters. The smallest absolute Gasteiger partial charge is 0.321 e. The maximum atomic E-state index is 12.9. The molecule has 0 radical (unpaired) electrons. The Kier molecular flexibility index (Phi) is 6.07. The maximum Gasteiger partial charge on any atom is 0.321 e. The van der Waals surface area contributed by atoms with Crippen LogP contribution in [0.1, 0.15) is 18.9 Å². The molecule has 2 saturated heterocycles. The molecule has 2 heterocycles. The number of carbonyl (C=O) groups is 2. The van der Waals surface area contributed by atoms with Crippen molar-refractivity contribution in [3.8, 4) is 5.75 Å². The Balaban J connectivity index is 1.29. The van der Waals surface area contributed by atoms with Crippen molar-refractivity contribution in [3.63, 3.8) is 0 Å². The van der Waals surface area contributed by atoms with E-state index < -0.39 is 0 Å². The van der Waals surface area contributed by atoms with Gasteiger partial charge in [0.05, 0.1) is 12.6 Å². The normalized spacial score (nSPS) is 18.8. The van der Waals surface area contributed by atoms with Gasteiger partial charge < -0.3 is 24.8 Å². The number of benzene rings is 2. The molecule has 158 valence electrons. The molecular weight excluding hydrogens is 380 g/mol. The number of hydrogen-bond donors (Lipinski definition) is 1. The lowest BCUT2D eigenvalue weighted by atomic mass is 10.2. The summed E-state index contributed by atoms with van der Waals surface area (Å²) >= 11 is 0. The highest BCUT2D eigenvalue weighted by Crippen LogP contribution is 2.23. The number of nitrogens with one attached hydrogen (secondary N) is 1. The van der Waals surface area contributed by atoms with Crippen LogP contribution in [-0.4, -0.2) is 65.6 Å². The van der Waals surface area contributed by atoms with E-state index >= 15 is 0 Å². The van der Waals surface area contributed by atoms with E-state index in [1.54, 1.807) is 4.90 Å². The van der Waals surface area contributed by atoms with Crippen LogP contribution in [0.4, 0.5) is 15.3 Å². The Morgan fingerprint density at radius 1 is 1.07 bits per heavy atom. The van der Waals surface area contributed by atoms with Crippen LogP contribution in [0.25, 0.3) is 0 Å². The second kappa shape index (κ2) is 9.07. The molecule has 7 nitrogen and oxygen atoms in total. The molecule has 2 aliphatic rings. The number of urea groups is 2. The zero-order chi connectivity index (χ0) is 20.9. The third kappa shape index (κ3) is 4.50. The molecule has 1 atom stereocenters. The van der Waals surface area contributed by atoms with Gasteiger partial charge in [-0.15, -0.1) is 0 Å². The molecule has 0 aromatic heterocycles. The highest BCUT2D eigenvalue weighted by atomic mass is 16.5. The van der Waals surface area contributed by atoms with Gasteiger partial charge in [-0.2, -0.15) is 0 Å². The highest BCUT2D eigenvalue weighted by molar-refractivity contribution is 5.89. The van der Waals surface area contributed by atoms with Gasteiger partial charge in [-0.05, 0) is 43.2 Å². The summed E-state index contributed by atoms with van der Waals surface area (Å²) in [6.07, 6.45) is 0.807. The molecule has 0 aliphatic carbocycles. The molecule has 2 aliphatic heterocycles. The number of carbonyl (C=O) groups excluding carboxylic acids is 2. The zero-order valence-corrected chi connectivity index (χ0v) is 17.3. The Bertz CT molecular complexity index is 872. The highest BCUT2D eigenvalue weighted by Gasteiger charge is 2.38. The van der Waals surface area contributed by atoms with E-state index in [1.807, 2.05) is 71.3 Å². The molecule has 0 spiro atoms. The van der Waals surface area contributed by atoms with Crippen molar-refractivity contribution in [3.05, 3.63) is 60.2 Å². The minimum atomic E-state index is -0.130. The zero-order valence-electron chi connectivity index (χ0n) is 17.3. The average molecular weight is 409 g/mol. The third-order valence-electron chi connectivity index (χ3n) is 5.65. The second-order valence-electron chi connectivity index (χ2n) is 7.66. The van der Waals surface area contributed by atoms with E-state index in [0.717, 1.165) is 30.0 Å². The summed E-state index contributed by atoms with van der Waals surface area (Å²) in [7, 11) is 0. The Morgan fingerprint density at radius 3 is 2.57 bits per heavy atom. The Morgan fingerprint density at radius 2 is 1.83 bits per heavy atom. The molecule has 4 rings (SSSR count). The van der Waals surface area contributed by atoms with Gasteiger partial charge >= 0.3 is 12.1 Å². The minimum Gasteiger partial charge on any atom is -0.494 e. The summed E-state index contributed by atoms with van der Waals surface area (Å²) in [6, 6.07) is 17.4. The molecule has 1 N–H and O–H groups in total. The van der Waals surface area contributed by atoms with Crippen molar-refractivity contribution < 1.29 is 14.3 Å². The van der Waals surface area contributed by atoms with E-state index in [0.29, 0.717) is 32.8 Å². The van der Waals surface area contributed by atoms with Crippen LogP contribution < -0.4 is 10.1 Å². The summed E-state index contributed by atoms with van der Waals surface area (Å²) in [4.78, 5) is 31.1. The first-order chi connectivity index (χ1) is 14.6. The fourth-order valence-electron chi connectivity index (χ4n) is 4.08. The first kappa shape index (κ1) is 20.1. The van der Waals surface area contributed by atoms with Crippen LogP contribution in [0, 0.1) is 0 Å². The lowest BCUT2D eigenvalue weighted by Crippen LogP contribution is -2.42. The van der Waals surface area contributed by atoms with Crippen molar-refractivity contribution >= 4 is 17.7 Å². The van der Waals surface area contributed by atoms with Crippen LogP contribution >= 0.6 is 0 Å². The number of nitrogens with zero attached hydrogens (tertiary/aromatic N) is 3. The van der Waals surface area contributed by atoms with Crippen molar-refractivity contribution in [2.24, 2.45) is 0 Å². The molecule has 2 aromatic carbocycles. The monoisotopic (exact) mass is 408 g/mol. The summed E-state index contributed by atoms with van der Waals surface area (Å²) in [5.41, 5.74) is 1.87. The largest absolute Gasteiger partial charge is 0.494 e. The van der Waals surface area contributed by atoms with Crippen molar-refractivity contribution in [2.45, 2.75) is 25.9 Å². The van der Waals surface area contributed by atoms with Crippen LogP contribution in [-0.2, 0) is 6.54 Å². The fourth-order valence-corrected chi connectivity index (χ4v) is 4.08. The van der Waals surface area contributed by atoms with Crippen LogP contribution in [0.5, 0.6) is 5.75 Å². The van der Waals surface area contributed by atoms with E-state index in [-0.39, 0.29) is 18.1 Å². The second-order valence-corrected chi connectivity index (χ2v) is 7.66. The van der Waals surface area contributed by atoms with Crippen LogP contribution in [0.2, 0.25) is 0 Å². The topological polar surface area (TPSA) is 65.1 Å². The van der Waals surface area contributed by atoms with Gasteiger partial charge in [0.25, 0.3) is 0 Å². The summed E-state index contributed by atoms with van der Waals surface area (Å²) in [5.74, 6) is 0.782. The van der Waals surface area contributed by atoms with Gasteiger partial charge in [0.15, 0.2) is 0 Å². The van der Waals surface area contributed by atoms with E-state index in [4.69, 9.17) is 4.74 Å². The Labute approximate surface area is 177 Å². The lowest BCUT2D eigenvalue weighted by Gasteiger charge is -2.25. The van der Waals surface area contributed by atoms with Crippen molar-refractivity contribution in [2.75, 3.05) is 38.1 Å². The van der Waals surface area contributed by atoms with Crippen molar-refractivity contribution in [1.82, 2.24) is 14.7 Å². The number of rotatable bonds is 6. The van der Waals surface area contributed by atoms with Crippen LogP contribution in [0.15, 0.2) is 54.6 Å². The first-order valence-electron chi connectivity index (χ1n) is 10.5. The Hall–Kier alpha value is -3.22. The molecule has 2 fully saturated rings. The predicted molar refractivity (Wildman–Crippen MR) is 116 cm³/mol. The molecule has 2 aromatic rings. The lowest BCUT2D eigenvalue weighted by molar-refractivity contribution is 0.175. The molecule has 0 saturated carbocycles. The summed E-state index contributed by atoms with van der Waals surface area (Å²) in [5, 5.41) is 2.93. The van der Waals surface area contributed by atoms with E-state index in [9.17, 15) is 9.59 Å². The van der Waals surface area contributed by atoms with Gasteiger partial charge in [-0.3, -0.25) is 0 Å². The SMILES string of the molecule is CCOc1ccc(NC(=O)N2CC[C@@H](N3CCN(Cc4ccccc4)C3=O)C2)cc1. The summed E-state index contributed by atoms with van der Waals surface area (Å²) in [6.45, 7) is 5.83. The van der Waals surface area contributed by atoms with Gasteiger partial charge in [0.1, 0.15) is 5.75 Å². The van der Waals surface area contributed by atoms with E-state index in [1.165, 1.54) is 0 Å². The standard InChI is InChI=1S/C23H28N4O3/c1-2-30-21-10-8-19(9-11-21)24-22(28)25-13-12-20(17-25)27-15-14-26(23(27)29)16-18-6-4-3-5-7-18/h3-11,20H,2,12-17H2,1H3,(H,24,28)/t20-/m1/s1. The number of likely N-dealkylation sites (tertiary alicyclic amines) is 1. The summed E-state index contributed by atoms with van der Waals surface area (Å²) < 4.78 is 5.43. The minimum absolute atomic E-state index is 0.0672. The van der Waals surface area contributed by atoms with Gasteiger partial charge in [0.2, 0.25) is 0 Å². The number of amides is 4. The van der Waals surface area contributed by atoms with Gasteiger partial charge in [0, 0.05) is 38.4 Å². The molecule has 0 bridgehead atoms. The van der Waals surface area contributed by atoms with Crippen molar-refractivity contribution in [1.29, 1.82) is 0 Å². The van der Waals surface area contributed by atoms with Gasteiger partial charge in [-0.25, -0.2) is 9.59 Å². The number of hydrogen-bond acceptors (Lipinski definition) is 3. The quantitative estimate of drug-likeness (QED) is 0.794. The molecule has 4 amide bonds. The van der Waals surface area contributed by atoms with Crippen LogP contribution in [0.3, 0.4) is 0 Å². The maximum absolute atomic E-state index is 12.9. The third-order valence-corrected chi connectivity index (χ3v) is 5.65. The molecule has 7 heteroatoms.